The van der Waals surface area contributed by atoms with Crippen molar-refractivity contribution in [1.29, 1.82) is 0 Å². The quantitative estimate of drug-likeness (QED) is 0.770. The third-order valence-electron chi connectivity index (χ3n) is 4.42. The minimum Gasteiger partial charge on any atom is -0.480 e. The molecule has 4 heteroatoms. The molecule has 0 amide bonds. The molecule has 0 aromatic carbocycles. The topological polar surface area (TPSA) is 49.3 Å². The molecule has 1 saturated heterocycles. The highest BCUT2D eigenvalue weighted by atomic mass is 32.2. The van der Waals surface area contributed by atoms with Crippen molar-refractivity contribution in [1.82, 2.24) is 5.32 Å². The van der Waals surface area contributed by atoms with Crippen LogP contribution in [0.4, 0.5) is 0 Å². The SMILES string of the molecule is O=C(O)[C@@H]1CSC2(CCCCCCCCCCC2)N1. The molecular formula is C15H27NO2S. The van der Waals surface area contributed by atoms with Crippen LogP contribution in [0.3, 0.4) is 0 Å². The van der Waals surface area contributed by atoms with E-state index in [2.05, 4.69) is 5.32 Å². The van der Waals surface area contributed by atoms with Crippen LogP contribution < -0.4 is 5.32 Å². The fourth-order valence-corrected chi connectivity index (χ4v) is 4.76. The lowest BCUT2D eigenvalue weighted by atomic mass is 9.97. The molecular weight excluding hydrogens is 258 g/mol. The predicted molar refractivity (Wildman–Crippen MR) is 80.5 cm³/mol. The molecule has 0 unspecified atom stereocenters. The summed E-state index contributed by atoms with van der Waals surface area (Å²) in [5.41, 5.74) is 0. The van der Waals surface area contributed by atoms with Crippen LogP contribution in [0, 0.1) is 0 Å². The molecule has 2 fully saturated rings. The molecule has 2 N–H and O–H groups in total. The Labute approximate surface area is 120 Å². The van der Waals surface area contributed by atoms with Gasteiger partial charge in [0.25, 0.3) is 0 Å². The van der Waals surface area contributed by atoms with E-state index in [0.717, 1.165) is 18.6 Å². The van der Waals surface area contributed by atoms with Gasteiger partial charge in [-0.1, -0.05) is 57.8 Å². The summed E-state index contributed by atoms with van der Waals surface area (Å²) in [4.78, 5) is 11.2. The molecule has 0 bridgehead atoms. The number of carboxylic acid groups (broad SMARTS) is 1. The zero-order valence-electron chi connectivity index (χ0n) is 11.8. The molecule has 1 heterocycles. The van der Waals surface area contributed by atoms with Gasteiger partial charge in [-0.15, -0.1) is 11.8 Å². The molecule has 110 valence electrons. The van der Waals surface area contributed by atoms with Crippen LogP contribution >= 0.6 is 11.8 Å². The lowest BCUT2D eigenvalue weighted by molar-refractivity contribution is -0.138. The van der Waals surface area contributed by atoms with Gasteiger partial charge in [0.15, 0.2) is 0 Å². The highest BCUT2D eigenvalue weighted by Crippen LogP contribution is 2.39. The maximum atomic E-state index is 11.1. The van der Waals surface area contributed by atoms with E-state index in [0.29, 0.717) is 0 Å². The number of carbonyl (C=O) groups is 1. The molecule has 0 radical (unpaired) electrons. The highest BCUT2D eigenvalue weighted by Gasteiger charge is 2.40. The fraction of sp³-hybridized carbons (Fsp3) is 0.933. The zero-order chi connectivity index (χ0) is 13.6. The third kappa shape index (κ3) is 4.67. The van der Waals surface area contributed by atoms with Crippen LogP contribution in [0.1, 0.15) is 70.6 Å². The van der Waals surface area contributed by atoms with Crippen molar-refractivity contribution in [2.24, 2.45) is 0 Å². The van der Waals surface area contributed by atoms with E-state index in [-0.39, 0.29) is 10.9 Å². The summed E-state index contributed by atoms with van der Waals surface area (Å²) in [7, 11) is 0. The molecule has 3 nitrogen and oxygen atoms in total. The summed E-state index contributed by atoms with van der Waals surface area (Å²) in [6, 6.07) is -0.335. The Morgan fingerprint density at radius 3 is 1.84 bits per heavy atom. The number of aliphatic carboxylic acids is 1. The van der Waals surface area contributed by atoms with Crippen LogP contribution in [-0.2, 0) is 4.79 Å². The van der Waals surface area contributed by atoms with Gasteiger partial charge < -0.3 is 5.11 Å². The van der Waals surface area contributed by atoms with Crippen LogP contribution in [-0.4, -0.2) is 27.7 Å². The Morgan fingerprint density at radius 2 is 1.42 bits per heavy atom. The van der Waals surface area contributed by atoms with Crippen molar-refractivity contribution in [2.45, 2.75) is 81.5 Å². The first-order chi connectivity index (χ1) is 9.22. The van der Waals surface area contributed by atoms with Gasteiger partial charge in [0, 0.05) is 5.75 Å². The van der Waals surface area contributed by atoms with Gasteiger partial charge in [-0.2, -0.15) is 0 Å². The van der Waals surface area contributed by atoms with Crippen molar-refractivity contribution < 1.29 is 9.90 Å². The summed E-state index contributed by atoms with van der Waals surface area (Å²) in [5, 5.41) is 12.6. The zero-order valence-corrected chi connectivity index (χ0v) is 12.6. The second-order valence-electron chi connectivity index (χ2n) is 6.02. The molecule has 1 atom stereocenters. The first-order valence-corrected chi connectivity index (χ1v) is 8.85. The monoisotopic (exact) mass is 285 g/mol. The number of carboxylic acids is 1. The second kappa shape index (κ2) is 7.53. The van der Waals surface area contributed by atoms with Crippen molar-refractivity contribution in [3.05, 3.63) is 0 Å². The average molecular weight is 285 g/mol. The molecule has 19 heavy (non-hydrogen) atoms. The Kier molecular flexibility index (Phi) is 6.02. The number of hydrogen-bond acceptors (Lipinski definition) is 3. The number of rotatable bonds is 1. The average Bonchev–Trinajstić information content (AvgIpc) is 2.79. The Balaban J connectivity index is 1.89. The van der Waals surface area contributed by atoms with Gasteiger partial charge in [0.05, 0.1) is 4.87 Å². The Morgan fingerprint density at radius 1 is 0.947 bits per heavy atom. The van der Waals surface area contributed by atoms with E-state index in [1.54, 1.807) is 0 Å². The van der Waals surface area contributed by atoms with E-state index in [1.807, 2.05) is 11.8 Å². The number of thioether (sulfide) groups is 1. The number of nitrogens with one attached hydrogen (secondary N) is 1. The summed E-state index contributed by atoms with van der Waals surface area (Å²) >= 11 is 1.86. The van der Waals surface area contributed by atoms with Crippen LogP contribution in [0.2, 0.25) is 0 Å². The standard InChI is InChI=1S/C15H27NO2S/c17-14(18)13-12-19-15(16-13)10-8-6-4-2-1-3-5-7-9-11-15/h13,16H,1-12H2,(H,17,18)/t13-/m0/s1. The number of hydrogen-bond donors (Lipinski definition) is 2. The molecule has 1 spiro atoms. The third-order valence-corrected chi connectivity index (χ3v) is 6.00. The maximum Gasteiger partial charge on any atom is 0.321 e. The van der Waals surface area contributed by atoms with Crippen LogP contribution in [0.25, 0.3) is 0 Å². The van der Waals surface area contributed by atoms with Crippen LogP contribution in [0.15, 0.2) is 0 Å². The molecule has 0 aromatic rings. The second-order valence-corrected chi connectivity index (χ2v) is 7.43. The highest BCUT2D eigenvalue weighted by molar-refractivity contribution is 8.00. The Bertz CT molecular complexity index is 284. The smallest absolute Gasteiger partial charge is 0.321 e. The van der Waals surface area contributed by atoms with E-state index in [1.165, 1.54) is 57.8 Å². The van der Waals surface area contributed by atoms with Crippen molar-refractivity contribution in [3.63, 3.8) is 0 Å². The molecule has 0 aromatic heterocycles. The van der Waals surface area contributed by atoms with Gasteiger partial charge in [-0.25, -0.2) is 0 Å². The lowest BCUT2D eigenvalue weighted by Crippen LogP contribution is -2.45. The van der Waals surface area contributed by atoms with Crippen molar-refractivity contribution in [3.8, 4) is 0 Å². The van der Waals surface area contributed by atoms with E-state index in [9.17, 15) is 4.79 Å². The summed E-state index contributed by atoms with van der Waals surface area (Å²) in [5.74, 6) is 0.0468. The van der Waals surface area contributed by atoms with E-state index < -0.39 is 5.97 Å². The van der Waals surface area contributed by atoms with Crippen LogP contribution in [0.5, 0.6) is 0 Å². The van der Waals surface area contributed by atoms with Gasteiger partial charge in [0.1, 0.15) is 6.04 Å². The fourth-order valence-electron chi connectivity index (χ4n) is 3.25. The van der Waals surface area contributed by atoms with Gasteiger partial charge >= 0.3 is 5.97 Å². The van der Waals surface area contributed by atoms with Gasteiger partial charge in [0.2, 0.25) is 0 Å². The van der Waals surface area contributed by atoms with Crippen molar-refractivity contribution >= 4 is 17.7 Å². The summed E-state index contributed by atoms with van der Waals surface area (Å²) in [6.45, 7) is 0. The minimum atomic E-state index is -0.685. The van der Waals surface area contributed by atoms with Gasteiger partial charge in [-0.3, -0.25) is 10.1 Å². The van der Waals surface area contributed by atoms with E-state index >= 15 is 0 Å². The molecule has 1 aliphatic heterocycles. The predicted octanol–water partition coefficient (Wildman–Crippen LogP) is 3.78. The maximum absolute atomic E-state index is 11.1. The normalized spacial score (nSPS) is 29.6. The summed E-state index contributed by atoms with van der Waals surface area (Å²) < 4.78 is 0. The summed E-state index contributed by atoms with van der Waals surface area (Å²) in [6.07, 6.45) is 14.2. The first kappa shape index (κ1) is 15.2. The van der Waals surface area contributed by atoms with Crippen molar-refractivity contribution in [2.75, 3.05) is 5.75 Å². The molecule has 1 aliphatic carbocycles. The first-order valence-electron chi connectivity index (χ1n) is 7.86. The molecule has 1 saturated carbocycles. The minimum absolute atomic E-state index is 0.0578. The molecule has 2 rings (SSSR count). The van der Waals surface area contributed by atoms with Gasteiger partial charge in [-0.05, 0) is 12.8 Å². The molecule has 2 aliphatic rings. The largest absolute Gasteiger partial charge is 0.480 e. The van der Waals surface area contributed by atoms with E-state index in [4.69, 9.17) is 5.11 Å². The lowest BCUT2D eigenvalue weighted by Gasteiger charge is -2.30. The Hall–Kier alpha value is -0.220.